The smallest absolute Gasteiger partial charge is 0.322 e. The fourth-order valence-electron chi connectivity index (χ4n) is 2.61. The average molecular weight is 477 g/mol. The van der Waals surface area contributed by atoms with Crippen LogP contribution in [0.4, 0.5) is 0 Å². The molecule has 0 saturated carbocycles. The number of hydrazine groups is 1. The van der Waals surface area contributed by atoms with E-state index in [1.807, 2.05) is 0 Å². The van der Waals surface area contributed by atoms with Crippen LogP contribution in [0.1, 0.15) is 15.9 Å². The van der Waals surface area contributed by atoms with Crippen molar-refractivity contribution in [2.45, 2.75) is 17.4 Å². The van der Waals surface area contributed by atoms with Crippen LogP contribution in [0.25, 0.3) is 0 Å². The molecule has 13 heteroatoms. The van der Waals surface area contributed by atoms with E-state index in [1.54, 1.807) is 30.3 Å². The summed E-state index contributed by atoms with van der Waals surface area (Å²) in [6, 6.07) is 12.8. The molecule has 2 aromatic rings. The summed E-state index contributed by atoms with van der Waals surface area (Å²) in [7, 11) is -3.90. The van der Waals surface area contributed by atoms with E-state index in [4.69, 9.17) is 10.2 Å². The molecule has 0 aromatic heterocycles. The first kappa shape index (κ1) is 25.5. The Bertz CT molecular complexity index is 1110. The molecule has 2 rings (SSSR count). The predicted octanol–water partition coefficient (Wildman–Crippen LogP) is -1.50. The summed E-state index contributed by atoms with van der Waals surface area (Å²) in [4.78, 5) is 47.0. The molecule has 12 nitrogen and oxygen atoms in total. The van der Waals surface area contributed by atoms with Gasteiger partial charge in [0.15, 0.2) is 0 Å². The van der Waals surface area contributed by atoms with Crippen molar-refractivity contribution in [1.82, 2.24) is 21.5 Å². The summed E-state index contributed by atoms with van der Waals surface area (Å²) in [5.74, 6) is -3.17. The summed E-state index contributed by atoms with van der Waals surface area (Å²) in [6.07, 6.45) is 0.161. The highest BCUT2D eigenvalue weighted by Gasteiger charge is 2.21. The maximum atomic E-state index is 12.6. The van der Waals surface area contributed by atoms with Crippen LogP contribution < -0.4 is 26.6 Å². The summed E-state index contributed by atoms with van der Waals surface area (Å²) < 4.78 is 22.6. The van der Waals surface area contributed by atoms with Gasteiger partial charge in [0.2, 0.25) is 21.8 Å². The van der Waals surface area contributed by atoms with E-state index < -0.39 is 52.8 Å². The Balaban J connectivity index is 2.02. The van der Waals surface area contributed by atoms with Crippen molar-refractivity contribution in [3.8, 4) is 0 Å². The number of nitrogens with two attached hydrogens (primary N) is 1. The summed E-state index contributed by atoms with van der Waals surface area (Å²) in [6.45, 7) is -1.04. The van der Waals surface area contributed by atoms with E-state index in [1.165, 1.54) is 24.3 Å². The van der Waals surface area contributed by atoms with Crippen molar-refractivity contribution in [3.63, 3.8) is 0 Å². The lowest BCUT2D eigenvalue weighted by molar-refractivity contribution is -0.137. The Morgan fingerprint density at radius 3 is 2.12 bits per heavy atom. The largest absolute Gasteiger partial charge is 0.480 e. The summed E-state index contributed by atoms with van der Waals surface area (Å²) in [5.41, 5.74) is 5.87. The van der Waals surface area contributed by atoms with Gasteiger partial charge in [0, 0.05) is 5.56 Å². The molecular weight excluding hydrogens is 454 g/mol. The third kappa shape index (κ3) is 8.68. The van der Waals surface area contributed by atoms with Gasteiger partial charge >= 0.3 is 5.97 Å². The Morgan fingerprint density at radius 1 is 0.909 bits per heavy atom. The number of aliphatic carboxylic acids is 1. The molecule has 0 aliphatic carbocycles. The quantitative estimate of drug-likeness (QED) is 0.210. The standard InChI is InChI=1S/C20H23N5O7S/c21-33(31,32)15-8-6-14(7-9-15)19(29)25-24-16(10-13-4-2-1-3-5-13)20(30)23-11-17(26)22-12-18(27)28/h1-9,16,24H,10-12H2,(H,22,26)(H,23,30)(H,25,29)(H,27,28)(H2,21,31,32)/t16-/m0/s1. The number of nitrogens with one attached hydrogen (secondary N) is 4. The number of primary sulfonamides is 1. The van der Waals surface area contributed by atoms with Gasteiger partial charge in [0.25, 0.3) is 5.91 Å². The Hall–Kier alpha value is -3.81. The molecular formula is C20H23N5O7S. The first-order valence-electron chi connectivity index (χ1n) is 9.55. The molecule has 0 heterocycles. The van der Waals surface area contributed by atoms with Gasteiger partial charge in [-0.2, -0.15) is 0 Å². The van der Waals surface area contributed by atoms with Crippen LogP contribution in [0.15, 0.2) is 59.5 Å². The van der Waals surface area contributed by atoms with Gasteiger partial charge in [0.1, 0.15) is 12.6 Å². The van der Waals surface area contributed by atoms with Crippen LogP contribution in [0, 0.1) is 0 Å². The number of rotatable bonds is 11. The van der Waals surface area contributed by atoms with Crippen LogP contribution in [0.2, 0.25) is 0 Å². The van der Waals surface area contributed by atoms with Crippen molar-refractivity contribution in [1.29, 1.82) is 0 Å². The van der Waals surface area contributed by atoms with Gasteiger partial charge in [-0.25, -0.2) is 19.0 Å². The van der Waals surface area contributed by atoms with E-state index >= 15 is 0 Å². The molecule has 0 aliphatic rings. The molecule has 0 bridgehead atoms. The SMILES string of the molecule is NS(=O)(=O)c1ccc(C(=O)NN[C@@H](Cc2ccccc2)C(=O)NCC(=O)NCC(=O)O)cc1. The maximum absolute atomic E-state index is 12.6. The third-order valence-corrected chi connectivity index (χ3v) is 5.19. The number of carboxylic acid groups (broad SMARTS) is 1. The first-order valence-corrected chi connectivity index (χ1v) is 11.1. The average Bonchev–Trinajstić information content (AvgIpc) is 2.78. The number of benzene rings is 2. The van der Waals surface area contributed by atoms with E-state index in [0.717, 1.165) is 5.56 Å². The molecule has 0 aliphatic heterocycles. The normalized spacial score (nSPS) is 11.8. The fraction of sp³-hybridized carbons (Fsp3) is 0.200. The van der Waals surface area contributed by atoms with Crippen molar-refractivity contribution >= 4 is 33.7 Å². The second-order valence-electron chi connectivity index (χ2n) is 6.80. The molecule has 7 N–H and O–H groups in total. The second kappa shape index (κ2) is 11.7. The minimum Gasteiger partial charge on any atom is -0.480 e. The van der Waals surface area contributed by atoms with E-state index in [2.05, 4.69) is 21.5 Å². The molecule has 0 unspecified atom stereocenters. The van der Waals surface area contributed by atoms with Crippen LogP contribution in [-0.2, 0) is 30.8 Å². The fourth-order valence-corrected chi connectivity index (χ4v) is 3.12. The van der Waals surface area contributed by atoms with Crippen LogP contribution in [-0.4, -0.2) is 56.3 Å². The minimum absolute atomic E-state index is 0.113. The summed E-state index contributed by atoms with van der Waals surface area (Å²) >= 11 is 0. The van der Waals surface area contributed by atoms with E-state index in [9.17, 15) is 27.6 Å². The van der Waals surface area contributed by atoms with Gasteiger partial charge in [-0.1, -0.05) is 30.3 Å². The molecule has 2 aromatic carbocycles. The molecule has 0 fully saturated rings. The topological polar surface area (TPSA) is 197 Å². The zero-order valence-corrected chi connectivity index (χ0v) is 18.1. The Labute approximate surface area is 189 Å². The number of carboxylic acids is 1. The molecule has 3 amide bonds. The zero-order chi connectivity index (χ0) is 24.4. The molecule has 176 valence electrons. The lowest BCUT2D eigenvalue weighted by Gasteiger charge is -2.19. The predicted molar refractivity (Wildman–Crippen MR) is 116 cm³/mol. The van der Waals surface area contributed by atoms with Gasteiger partial charge in [-0.05, 0) is 36.2 Å². The van der Waals surface area contributed by atoms with Crippen molar-refractivity contribution in [2.75, 3.05) is 13.1 Å². The second-order valence-corrected chi connectivity index (χ2v) is 8.36. The Morgan fingerprint density at radius 2 is 1.55 bits per heavy atom. The minimum atomic E-state index is -3.90. The molecule has 1 atom stereocenters. The number of carbonyl (C=O) groups is 4. The van der Waals surface area contributed by atoms with Gasteiger partial charge in [0.05, 0.1) is 11.4 Å². The molecule has 0 saturated heterocycles. The van der Waals surface area contributed by atoms with Crippen molar-refractivity contribution < 1.29 is 32.7 Å². The van der Waals surface area contributed by atoms with Gasteiger partial charge in [-0.15, -0.1) is 0 Å². The van der Waals surface area contributed by atoms with Crippen LogP contribution in [0.3, 0.4) is 0 Å². The first-order chi connectivity index (χ1) is 15.6. The van der Waals surface area contributed by atoms with Crippen molar-refractivity contribution in [3.05, 3.63) is 65.7 Å². The van der Waals surface area contributed by atoms with Crippen LogP contribution in [0.5, 0.6) is 0 Å². The number of carbonyl (C=O) groups excluding carboxylic acids is 3. The Kier molecular flexibility index (Phi) is 9.03. The van der Waals surface area contributed by atoms with Crippen LogP contribution >= 0.6 is 0 Å². The highest BCUT2D eigenvalue weighted by atomic mass is 32.2. The number of hydrogen-bond acceptors (Lipinski definition) is 7. The summed E-state index contributed by atoms with van der Waals surface area (Å²) in [5, 5.41) is 18.1. The molecule has 0 spiro atoms. The molecule has 0 radical (unpaired) electrons. The van der Waals surface area contributed by atoms with Crippen molar-refractivity contribution in [2.24, 2.45) is 5.14 Å². The van der Waals surface area contributed by atoms with Gasteiger partial charge in [-0.3, -0.25) is 24.6 Å². The third-order valence-electron chi connectivity index (χ3n) is 4.26. The zero-order valence-electron chi connectivity index (χ0n) is 17.3. The van der Waals surface area contributed by atoms with Gasteiger partial charge < -0.3 is 15.7 Å². The van der Waals surface area contributed by atoms with E-state index in [0.29, 0.717) is 0 Å². The number of hydrogen-bond donors (Lipinski definition) is 6. The number of sulfonamides is 1. The molecule has 33 heavy (non-hydrogen) atoms. The highest BCUT2D eigenvalue weighted by molar-refractivity contribution is 7.89. The van der Waals surface area contributed by atoms with E-state index in [-0.39, 0.29) is 16.9 Å². The lowest BCUT2D eigenvalue weighted by Crippen LogP contribution is -2.54. The highest BCUT2D eigenvalue weighted by Crippen LogP contribution is 2.09. The monoisotopic (exact) mass is 477 g/mol. The lowest BCUT2D eigenvalue weighted by atomic mass is 10.1. The number of amides is 3. The maximum Gasteiger partial charge on any atom is 0.322 e.